The molecule has 0 spiro atoms. The van der Waals surface area contributed by atoms with E-state index in [0.29, 0.717) is 12.2 Å². The molecular weight excluding hydrogens is 228 g/mol. The van der Waals surface area contributed by atoms with Gasteiger partial charge < -0.3 is 15.7 Å². The van der Waals surface area contributed by atoms with Gasteiger partial charge in [0.25, 0.3) is 0 Å². The Kier molecular flexibility index (Phi) is 7.80. The Labute approximate surface area is 100 Å². The van der Waals surface area contributed by atoms with Crippen LogP contribution in [0.2, 0.25) is 0 Å². The van der Waals surface area contributed by atoms with E-state index in [2.05, 4.69) is 10.6 Å². The van der Waals surface area contributed by atoms with E-state index in [4.69, 9.17) is 5.11 Å². The van der Waals surface area contributed by atoms with Crippen LogP contribution in [0.3, 0.4) is 0 Å². The van der Waals surface area contributed by atoms with Crippen molar-refractivity contribution in [2.75, 3.05) is 12.0 Å². The lowest BCUT2D eigenvalue weighted by Crippen LogP contribution is -2.48. The summed E-state index contributed by atoms with van der Waals surface area (Å²) in [6, 6.07) is -1.17. The number of carbonyl (C=O) groups is 2. The molecule has 94 valence electrons. The zero-order valence-electron chi connectivity index (χ0n) is 9.95. The lowest BCUT2D eigenvalue weighted by molar-refractivity contribution is -0.139. The monoisotopic (exact) mass is 248 g/mol. The van der Waals surface area contributed by atoms with Gasteiger partial charge in [-0.25, -0.2) is 9.59 Å². The van der Waals surface area contributed by atoms with E-state index in [1.54, 1.807) is 11.8 Å². The molecule has 0 aromatic carbocycles. The van der Waals surface area contributed by atoms with Crippen molar-refractivity contribution >= 4 is 23.8 Å². The van der Waals surface area contributed by atoms with Gasteiger partial charge >= 0.3 is 12.0 Å². The fraction of sp³-hybridized carbons (Fsp3) is 0.800. The summed E-state index contributed by atoms with van der Waals surface area (Å²) in [6.45, 7) is 3.82. The van der Waals surface area contributed by atoms with Crippen LogP contribution in [0, 0.1) is 0 Å². The summed E-state index contributed by atoms with van der Waals surface area (Å²) >= 11 is 1.56. The smallest absolute Gasteiger partial charge is 0.326 e. The van der Waals surface area contributed by atoms with Crippen LogP contribution < -0.4 is 10.6 Å². The number of hydrogen-bond acceptors (Lipinski definition) is 3. The van der Waals surface area contributed by atoms with Gasteiger partial charge in [-0.3, -0.25) is 0 Å². The maximum Gasteiger partial charge on any atom is 0.326 e. The van der Waals surface area contributed by atoms with E-state index in [0.717, 1.165) is 6.42 Å². The van der Waals surface area contributed by atoms with E-state index in [-0.39, 0.29) is 6.04 Å². The quantitative estimate of drug-likeness (QED) is 0.634. The summed E-state index contributed by atoms with van der Waals surface area (Å²) in [7, 11) is 0. The molecule has 16 heavy (non-hydrogen) atoms. The third-order valence-corrected chi connectivity index (χ3v) is 2.85. The molecule has 3 N–H and O–H groups in total. The number of nitrogens with one attached hydrogen (secondary N) is 2. The highest BCUT2D eigenvalue weighted by molar-refractivity contribution is 7.98. The number of hydrogen-bond donors (Lipinski definition) is 3. The van der Waals surface area contributed by atoms with Crippen LogP contribution in [0.25, 0.3) is 0 Å². The van der Waals surface area contributed by atoms with Crippen LogP contribution in [0.1, 0.15) is 26.7 Å². The molecule has 0 aliphatic heterocycles. The van der Waals surface area contributed by atoms with Gasteiger partial charge in [-0.15, -0.1) is 0 Å². The third-order valence-electron chi connectivity index (χ3n) is 2.20. The highest BCUT2D eigenvalue weighted by Gasteiger charge is 2.19. The van der Waals surface area contributed by atoms with Gasteiger partial charge in [0.2, 0.25) is 0 Å². The van der Waals surface area contributed by atoms with Crippen LogP contribution >= 0.6 is 11.8 Å². The Morgan fingerprint density at radius 2 is 2.00 bits per heavy atom. The molecule has 0 aromatic rings. The fourth-order valence-electron chi connectivity index (χ4n) is 1.02. The minimum absolute atomic E-state index is 0.0509. The maximum absolute atomic E-state index is 11.4. The van der Waals surface area contributed by atoms with Crippen molar-refractivity contribution in [3.05, 3.63) is 0 Å². The molecule has 0 saturated carbocycles. The predicted octanol–water partition coefficient (Wildman–Crippen LogP) is 1.29. The minimum atomic E-state index is -0.992. The Balaban J connectivity index is 4.07. The molecule has 0 bridgehead atoms. The predicted molar refractivity (Wildman–Crippen MR) is 65.8 cm³/mol. The molecule has 2 atom stereocenters. The summed E-state index contributed by atoms with van der Waals surface area (Å²) in [5.41, 5.74) is 0. The van der Waals surface area contributed by atoms with Crippen molar-refractivity contribution in [2.45, 2.75) is 38.8 Å². The first kappa shape index (κ1) is 15.1. The van der Waals surface area contributed by atoms with E-state index in [1.165, 1.54) is 0 Å². The lowest BCUT2D eigenvalue weighted by Gasteiger charge is -2.17. The Morgan fingerprint density at radius 1 is 1.38 bits per heavy atom. The molecule has 0 rings (SSSR count). The lowest BCUT2D eigenvalue weighted by atomic mass is 10.2. The molecule has 1 unspecified atom stereocenters. The number of thioether (sulfide) groups is 1. The van der Waals surface area contributed by atoms with Crippen LogP contribution in [0.4, 0.5) is 4.79 Å². The third kappa shape index (κ3) is 6.55. The van der Waals surface area contributed by atoms with Gasteiger partial charge in [-0.2, -0.15) is 11.8 Å². The molecule has 0 saturated heterocycles. The number of rotatable bonds is 7. The summed E-state index contributed by atoms with van der Waals surface area (Å²) < 4.78 is 0. The van der Waals surface area contributed by atoms with Gasteiger partial charge in [-0.1, -0.05) is 6.92 Å². The summed E-state index contributed by atoms with van der Waals surface area (Å²) in [6.07, 6.45) is 3.15. The Bertz CT molecular complexity index is 236. The van der Waals surface area contributed by atoms with Crippen molar-refractivity contribution in [3.8, 4) is 0 Å². The molecule has 5 nitrogen and oxygen atoms in total. The highest BCUT2D eigenvalue weighted by atomic mass is 32.2. The number of carbonyl (C=O) groups excluding carboxylic acids is 1. The molecule has 0 aliphatic rings. The normalized spacial score (nSPS) is 13.9. The molecule has 0 radical (unpaired) electrons. The van der Waals surface area contributed by atoms with Crippen LogP contribution in [-0.2, 0) is 4.79 Å². The standard InChI is InChI=1S/C10H20N2O3S/c1-4-7(2)11-10(15)12-8(9(13)14)5-6-16-3/h7-8H,4-6H2,1-3H3,(H,13,14)(H2,11,12,15)/t7?,8-/m0/s1. The number of aliphatic carboxylic acids is 1. The summed E-state index contributed by atoms with van der Waals surface area (Å²) in [5.74, 6) is -0.283. The second kappa shape index (κ2) is 8.27. The minimum Gasteiger partial charge on any atom is -0.480 e. The number of amides is 2. The van der Waals surface area contributed by atoms with E-state index >= 15 is 0 Å². The number of urea groups is 1. The zero-order valence-corrected chi connectivity index (χ0v) is 10.8. The van der Waals surface area contributed by atoms with Gasteiger partial charge in [0.15, 0.2) is 0 Å². The van der Waals surface area contributed by atoms with Crippen molar-refractivity contribution in [3.63, 3.8) is 0 Å². The average Bonchev–Trinajstić information content (AvgIpc) is 2.23. The second-order valence-electron chi connectivity index (χ2n) is 3.60. The van der Waals surface area contributed by atoms with Crippen LogP contribution in [-0.4, -0.2) is 41.2 Å². The molecule has 0 fully saturated rings. The number of carboxylic acids is 1. The highest BCUT2D eigenvalue weighted by Crippen LogP contribution is 2.01. The largest absolute Gasteiger partial charge is 0.480 e. The first-order valence-corrected chi connectivity index (χ1v) is 6.69. The van der Waals surface area contributed by atoms with Crippen LogP contribution in [0.5, 0.6) is 0 Å². The first-order chi connectivity index (χ1) is 7.51. The van der Waals surface area contributed by atoms with Crippen molar-refractivity contribution in [1.29, 1.82) is 0 Å². The van der Waals surface area contributed by atoms with Gasteiger partial charge in [0, 0.05) is 6.04 Å². The topological polar surface area (TPSA) is 78.4 Å². The van der Waals surface area contributed by atoms with Gasteiger partial charge in [0.1, 0.15) is 6.04 Å². The molecule has 2 amide bonds. The average molecular weight is 248 g/mol. The first-order valence-electron chi connectivity index (χ1n) is 5.30. The summed E-state index contributed by atoms with van der Waals surface area (Å²) in [5, 5.41) is 14.0. The van der Waals surface area contributed by atoms with Gasteiger partial charge in [0.05, 0.1) is 0 Å². The fourth-order valence-corrected chi connectivity index (χ4v) is 1.49. The van der Waals surface area contributed by atoms with Crippen molar-refractivity contribution in [1.82, 2.24) is 10.6 Å². The molecular formula is C10H20N2O3S. The van der Waals surface area contributed by atoms with E-state index in [9.17, 15) is 9.59 Å². The molecule has 0 aliphatic carbocycles. The van der Waals surface area contributed by atoms with E-state index in [1.807, 2.05) is 20.1 Å². The molecule has 0 aromatic heterocycles. The maximum atomic E-state index is 11.4. The zero-order chi connectivity index (χ0) is 12.6. The van der Waals surface area contributed by atoms with Gasteiger partial charge in [-0.05, 0) is 31.8 Å². The van der Waals surface area contributed by atoms with Crippen molar-refractivity contribution < 1.29 is 14.7 Å². The second-order valence-corrected chi connectivity index (χ2v) is 4.58. The Morgan fingerprint density at radius 3 is 2.44 bits per heavy atom. The van der Waals surface area contributed by atoms with E-state index < -0.39 is 18.0 Å². The SMILES string of the molecule is CCC(C)NC(=O)N[C@@H](CCSC)C(=O)O. The summed E-state index contributed by atoms with van der Waals surface area (Å²) in [4.78, 5) is 22.2. The Hall–Kier alpha value is -0.910. The number of carboxylic acid groups (broad SMARTS) is 1. The van der Waals surface area contributed by atoms with Crippen molar-refractivity contribution in [2.24, 2.45) is 0 Å². The molecule has 6 heteroatoms. The molecule has 0 heterocycles. The van der Waals surface area contributed by atoms with Crippen LogP contribution in [0.15, 0.2) is 0 Å².